The quantitative estimate of drug-likeness (QED) is 0.888. The first-order chi connectivity index (χ1) is 8.70. The van der Waals surface area contributed by atoms with Gasteiger partial charge in [-0.2, -0.15) is 0 Å². The first-order valence-corrected chi connectivity index (χ1v) is 7.32. The van der Waals surface area contributed by atoms with Gasteiger partial charge in [-0.25, -0.2) is 0 Å². The van der Waals surface area contributed by atoms with Crippen molar-refractivity contribution in [3.63, 3.8) is 0 Å². The Balaban J connectivity index is 1.92. The van der Waals surface area contributed by atoms with Crippen LogP contribution in [0.2, 0.25) is 5.02 Å². The molecule has 0 bridgehead atoms. The fourth-order valence-electron chi connectivity index (χ4n) is 2.64. The normalized spacial score (nSPS) is 17.9. The average Bonchev–Trinajstić information content (AvgIpc) is 2.36. The molecule has 100 valence electrons. The van der Waals surface area contributed by atoms with Gasteiger partial charge in [0.05, 0.1) is 10.7 Å². The lowest BCUT2D eigenvalue weighted by Crippen LogP contribution is -2.39. The van der Waals surface area contributed by atoms with E-state index in [9.17, 15) is 0 Å². The summed E-state index contributed by atoms with van der Waals surface area (Å²) in [5.74, 6) is 0. The highest BCUT2D eigenvalue weighted by Crippen LogP contribution is 2.27. The van der Waals surface area contributed by atoms with E-state index < -0.39 is 0 Å². The van der Waals surface area contributed by atoms with Crippen LogP contribution in [0.1, 0.15) is 31.7 Å². The minimum atomic E-state index is 0.566. The van der Waals surface area contributed by atoms with Crippen LogP contribution >= 0.6 is 11.6 Å². The van der Waals surface area contributed by atoms with Crippen LogP contribution in [0, 0.1) is 6.92 Å². The van der Waals surface area contributed by atoms with Crippen molar-refractivity contribution in [2.75, 3.05) is 25.0 Å². The van der Waals surface area contributed by atoms with Crippen LogP contribution in [0.5, 0.6) is 0 Å². The number of piperidine rings is 1. The maximum Gasteiger partial charge on any atom is 0.0640 e. The van der Waals surface area contributed by atoms with Crippen molar-refractivity contribution in [3.8, 4) is 0 Å². The van der Waals surface area contributed by atoms with Gasteiger partial charge in [-0.1, -0.05) is 30.7 Å². The highest BCUT2D eigenvalue weighted by atomic mass is 35.5. The van der Waals surface area contributed by atoms with E-state index in [0.717, 1.165) is 10.7 Å². The molecular formula is C15H23ClN2. The molecule has 1 aromatic carbocycles. The number of nitrogens with one attached hydrogen (secondary N) is 1. The van der Waals surface area contributed by atoms with Crippen LogP contribution in [0.4, 0.5) is 5.69 Å². The molecule has 1 heterocycles. The molecule has 2 rings (SSSR count). The third-order valence-corrected chi connectivity index (χ3v) is 4.01. The summed E-state index contributed by atoms with van der Waals surface area (Å²) in [6.45, 7) is 8.00. The summed E-state index contributed by atoms with van der Waals surface area (Å²) in [5, 5.41) is 4.46. The van der Waals surface area contributed by atoms with Crippen molar-refractivity contribution in [1.29, 1.82) is 0 Å². The summed E-state index contributed by atoms with van der Waals surface area (Å²) in [6.07, 6.45) is 3.68. The first-order valence-electron chi connectivity index (χ1n) is 6.94. The van der Waals surface area contributed by atoms with E-state index >= 15 is 0 Å². The van der Waals surface area contributed by atoms with E-state index in [1.54, 1.807) is 0 Å². The number of benzene rings is 1. The summed E-state index contributed by atoms with van der Waals surface area (Å²) in [6, 6.07) is 6.65. The van der Waals surface area contributed by atoms with Gasteiger partial charge in [0.2, 0.25) is 0 Å². The molecule has 2 nitrogen and oxygen atoms in total. The second-order valence-corrected chi connectivity index (χ2v) is 5.60. The molecular weight excluding hydrogens is 244 g/mol. The predicted molar refractivity (Wildman–Crippen MR) is 79.6 cm³/mol. The lowest BCUT2D eigenvalue weighted by atomic mass is 10.0. The lowest BCUT2D eigenvalue weighted by molar-refractivity contribution is 0.219. The van der Waals surface area contributed by atoms with Gasteiger partial charge < -0.3 is 10.2 Å². The minimum Gasteiger partial charge on any atom is -0.381 e. The second kappa shape index (κ2) is 6.44. The number of hydrogen-bond donors (Lipinski definition) is 1. The number of aryl methyl sites for hydroxylation is 1. The van der Waals surface area contributed by atoms with Crippen molar-refractivity contribution < 1.29 is 0 Å². The maximum atomic E-state index is 6.25. The van der Waals surface area contributed by atoms with Crippen LogP contribution in [0.25, 0.3) is 0 Å². The standard InChI is InChI=1S/C15H23ClN2/c1-3-9-18-10-7-13(8-11-18)17-15-12(2)5-4-6-14(15)16/h4-6,13,17H,3,7-11H2,1-2H3. The monoisotopic (exact) mass is 266 g/mol. The molecule has 0 radical (unpaired) electrons. The van der Waals surface area contributed by atoms with E-state index in [-0.39, 0.29) is 0 Å². The molecule has 1 aliphatic heterocycles. The zero-order valence-corrected chi connectivity index (χ0v) is 12.1. The topological polar surface area (TPSA) is 15.3 Å². The summed E-state index contributed by atoms with van der Waals surface area (Å²) in [7, 11) is 0. The zero-order valence-electron chi connectivity index (χ0n) is 11.4. The summed E-state index contributed by atoms with van der Waals surface area (Å²) >= 11 is 6.25. The Morgan fingerprint density at radius 2 is 2.06 bits per heavy atom. The Bertz CT molecular complexity index is 364. The molecule has 18 heavy (non-hydrogen) atoms. The molecule has 0 spiro atoms. The van der Waals surface area contributed by atoms with E-state index in [0.29, 0.717) is 6.04 Å². The van der Waals surface area contributed by atoms with E-state index in [4.69, 9.17) is 11.6 Å². The van der Waals surface area contributed by atoms with Gasteiger partial charge in [0.1, 0.15) is 0 Å². The van der Waals surface area contributed by atoms with Crippen molar-refractivity contribution in [3.05, 3.63) is 28.8 Å². The largest absolute Gasteiger partial charge is 0.381 e. The van der Waals surface area contributed by atoms with Gasteiger partial charge >= 0.3 is 0 Å². The van der Waals surface area contributed by atoms with Gasteiger partial charge in [-0.3, -0.25) is 0 Å². The van der Waals surface area contributed by atoms with Crippen LogP contribution in [-0.4, -0.2) is 30.6 Å². The van der Waals surface area contributed by atoms with Crippen molar-refractivity contribution in [2.45, 2.75) is 39.2 Å². The van der Waals surface area contributed by atoms with Gasteiger partial charge in [-0.05, 0) is 44.4 Å². The van der Waals surface area contributed by atoms with Gasteiger partial charge in [0.25, 0.3) is 0 Å². The number of likely N-dealkylation sites (tertiary alicyclic amines) is 1. The molecule has 1 fully saturated rings. The predicted octanol–water partition coefficient (Wildman–Crippen LogP) is 3.93. The Morgan fingerprint density at radius 1 is 1.33 bits per heavy atom. The lowest BCUT2D eigenvalue weighted by Gasteiger charge is -2.33. The highest BCUT2D eigenvalue weighted by molar-refractivity contribution is 6.33. The molecule has 1 N–H and O–H groups in total. The Labute approximate surface area is 115 Å². The third-order valence-electron chi connectivity index (χ3n) is 3.70. The van der Waals surface area contributed by atoms with Crippen molar-refractivity contribution in [1.82, 2.24) is 4.90 Å². The molecule has 1 aliphatic rings. The third kappa shape index (κ3) is 3.39. The maximum absolute atomic E-state index is 6.25. The van der Waals surface area contributed by atoms with Crippen LogP contribution in [0.15, 0.2) is 18.2 Å². The fourth-order valence-corrected chi connectivity index (χ4v) is 2.91. The molecule has 3 heteroatoms. The molecule has 0 atom stereocenters. The zero-order chi connectivity index (χ0) is 13.0. The number of para-hydroxylation sites is 1. The number of nitrogens with zero attached hydrogens (tertiary/aromatic N) is 1. The number of rotatable bonds is 4. The molecule has 0 unspecified atom stereocenters. The molecule has 1 aromatic rings. The van der Waals surface area contributed by atoms with Gasteiger partial charge in [0, 0.05) is 19.1 Å². The molecule has 0 amide bonds. The minimum absolute atomic E-state index is 0.566. The molecule has 0 saturated carbocycles. The fraction of sp³-hybridized carbons (Fsp3) is 0.600. The second-order valence-electron chi connectivity index (χ2n) is 5.19. The van der Waals surface area contributed by atoms with E-state index in [1.165, 1.54) is 44.5 Å². The summed E-state index contributed by atoms with van der Waals surface area (Å²) in [4.78, 5) is 2.55. The Morgan fingerprint density at radius 3 is 2.67 bits per heavy atom. The SMILES string of the molecule is CCCN1CCC(Nc2c(C)cccc2Cl)CC1. The smallest absolute Gasteiger partial charge is 0.0640 e. The van der Waals surface area contributed by atoms with E-state index in [1.807, 2.05) is 12.1 Å². The first kappa shape index (κ1) is 13.7. The number of hydrogen-bond acceptors (Lipinski definition) is 2. The van der Waals surface area contributed by atoms with Crippen LogP contribution < -0.4 is 5.32 Å². The average molecular weight is 267 g/mol. The summed E-state index contributed by atoms with van der Waals surface area (Å²) < 4.78 is 0. The van der Waals surface area contributed by atoms with Crippen LogP contribution in [0.3, 0.4) is 0 Å². The number of halogens is 1. The van der Waals surface area contributed by atoms with Gasteiger partial charge in [-0.15, -0.1) is 0 Å². The Kier molecular flexibility index (Phi) is 4.90. The highest BCUT2D eigenvalue weighted by Gasteiger charge is 2.19. The van der Waals surface area contributed by atoms with Gasteiger partial charge in [0.15, 0.2) is 0 Å². The Hall–Kier alpha value is -0.730. The van der Waals surface area contributed by atoms with Crippen LogP contribution in [-0.2, 0) is 0 Å². The molecule has 0 aliphatic carbocycles. The summed E-state index contributed by atoms with van der Waals surface area (Å²) in [5.41, 5.74) is 2.35. The molecule has 0 aromatic heterocycles. The van der Waals surface area contributed by atoms with Crippen molar-refractivity contribution in [2.24, 2.45) is 0 Å². The number of anilines is 1. The van der Waals surface area contributed by atoms with Crippen molar-refractivity contribution >= 4 is 17.3 Å². The molecule has 1 saturated heterocycles. The van der Waals surface area contributed by atoms with E-state index in [2.05, 4.69) is 30.1 Å².